The standard InChI is InChI=1S/C5H8O3.C5H10O2.CH3F.CH5P/c1-5(4(6)7)2-8-3-5;1-5(2-6)3-7-4-5;2*1-2/h2-3H2,1H3,(H,6,7);6H,2-4H2,1H3;1H3;2H2,1H3/i;;1D;2D. The maximum absolute atomic E-state index is 10.2. The van der Waals surface area contributed by atoms with Gasteiger partial charge in [0, 0.05) is 5.41 Å². The van der Waals surface area contributed by atoms with E-state index in [1.54, 1.807) is 6.92 Å². The number of hydrogen-bond acceptors (Lipinski definition) is 4. The Labute approximate surface area is 119 Å². The van der Waals surface area contributed by atoms with Gasteiger partial charge in [0.2, 0.25) is 0 Å². The zero-order chi connectivity index (χ0) is 16.9. The van der Waals surface area contributed by atoms with Gasteiger partial charge in [-0.25, -0.2) is 0 Å². The first-order valence-electron chi connectivity index (χ1n) is 6.89. The Hall–Kier alpha value is -0.290. The number of rotatable bonds is 2. The van der Waals surface area contributed by atoms with Crippen molar-refractivity contribution in [2.24, 2.45) is 10.8 Å². The van der Waals surface area contributed by atoms with Crippen molar-refractivity contribution in [1.29, 1.82) is 1.28 Å². The maximum atomic E-state index is 10.2. The van der Waals surface area contributed by atoms with Gasteiger partial charge in [-0.3, -0.25) is 9.18 Å². The molecule has 2 saturated heterocycles. The Kier molecular flexibility index (Phi) is 9.26. The molecule has 1 atom stereocenters. The van der Waals surface area contributed by atoms with E-state index >= 15 is 0 Å². The van der Waals surface area contributed by atoms with Gasteiger partial charge in [0.25, 0.3) is 0 Å². The second kappa shape index (κ2) is 10.5. The average Bonchev–Trinajstić information content (AvgIpc) is 2.35. The van der Waals surface area contributed by atoms with Crippen LogP contribution in [0, 0.1) is 10.8 Å². The molecular weight excluding hydrogens is 274 g/mol. The summed E-state index contributed by atoms with van der Waals surface area (Å²) in [5.74, 6) is -0.760. The van der Waals surface area contributed by atoms with Crippen molar-refractivity contribution in [3.8, 4) is 0 Å². The number of carbonyl (C=O) groups is 1. The van der Waals surface area contributed by atoms with E-state index in [0.717, 1.165) is 13.2 Å². The summed E-state index contributed by atoms with van der Waals surface area (Å²) >= 11 is 0. The minimum atomic E-state index is -1.00. The van der Waals surface area contributed by atoms with Crippen LogP contribution in [-0.2, 0) is 14.3 Å². The van der Waals surface area contributed by atoms with E-state index in [0.29, 0.717) is 22.4 Å². The lowest BCUT2D eigenvalue weighted by Gasteiger charge is -2.35. The molecule has 19 heavy (non-hydrogen) atoms. The zero-order valence-corrected chi connectivity index (χ0v) is 12.7. The van der Waals surface area contributed by atoms with Crippen molar-refractivity contribution >= 4 is 15.2 Å². The van der Waals surface area contributed by atoms with Gasteiger partial charge in [-0.05, 0) is 6.92 Å². The molecule has 116 valence electrons. The fourth-order valence-corrected chi connectivity index (χ4v) is 1.07. The fraction of sp³-hybridized carbons (Fsp3) is 0.917. The van der Waals surface area contributed by atoms with Gasteiger partial charge in [-0.1, -0.05) is 13.6 Å². The van der Waals surface area contributed by atoms with Crippen LogP contribution in [0.15, 0.2) is 0 Å². The summed E-state index contributed by atoms with van der Waals surface area (Å²) in [5.41, 5.74) is -0.486. The normalized spacial score (nSPS) is 22.6. The van der Waals surface area contributed by atoms with Crippen molar-refractivity contribution in [1.82, 2.24) is 0 Å². The molecule has 2 fully saturated rings. The summed E-state index contributed by atoms with van der Waals surface area (Å²) < 4.78 is 31.3. The molecule has 0 aromatic carbocycles. The molecule has 0 aromatic rings. The molecule has 7 heteroatoms. The Morgan fingerprint density at radius 2 is 1.79 bits per heavy atom. The number of carboxylic acids is 1. The largest absolute Gasteiger partial charge is 0.481 e. The van der Waals surface area contributed by atoms with Crippen molar-refractivity contribution in [2.45, 2.75) is 13.8 Å². The van der Waals surface area contributed by atoms with Gasteiger partial charge >= 0.3 is 5.97 Å². The molecule has 0 saturated carbocycles. The molecule has 1 unspecified atom stereocenters. The minimum absolute atomic E-state index is 0.0972. The zero-order valence-electron chi connectivity index (χ0n) is 13.7. The SMILES string of the molecule is CC1(C(=O)O)COC1.CC1(CO)COC1.[2H]CF.[2H]PC. The number of aliphatic hydroxyl groups excluding tert-OH is 1. The van der Waals surface area contributed by atoms with E-state index in [4.69, 9.17) is 22.3 Å². The minimum Gasteiger partial charge on any atom is -0.481 e. The second-order valence-corrected chi connectivity index (χ2v) is 4.82. The molecule has 0 aliphatic carbocycles. The molecule has 2 aliphatic heterocycles. The molecule has 0 spiro atoms. The summed E-state index contributed by atoms with van der Waals surface area (Å²) in [7, 11) is -0.667. The highest BCUT2D eigenvalue weighted by Gasteiger charge is 2.40. The third-order valence-electron chi connectivity index (χ3n) is 2.64. The number of ether oxygens (including phenoxy) is 2. The fourth-order valence-electron chi connectivity index (χ4n) is 1.07. The van der Waals surface area contributed by atoms with Crippen LogP contribution in [0.4, 0.5) is 4.39 Å². The third kappa shape index (κ3) is 7.16. The smallest absolute Gasteiger partial charge is 0.314 e. The number of aliphatic carboxylic acids is 1. The van der Waals surface area contributed by atoms with Crippen LogP contribution in [0.5, 0.6) is 0 Å². The molecule has 2 N–H and O–H groups in total. The first-order valence-corrected chi connectivity index (χ1v) is 6.68. The molecule has 5 nitrogen and oxygen atoms in total. The highest BCUT2D eigenvalue weighted by molar-refractivity contribution is 7.15. The first-order chi connectivity index (χ1) is 9.75. The number of hydrogen-bond donors (Lipinski definition) is 2. The van der Waals surface area contributed by atoms with E-state index in [9.17, 15) is 9.18 Å². The van der Waals surface area contributed by atoms with E-state index < -0.39 is 18.5 Å². The molecule has 2 rings (SSSR count). The number of halogens is 1. The van der Waals surface area contributed by atoms with Gasteiger partial charge in [0.15, 0.2) is 0 Å². The summed E-state index contributed by atoms with van der Waals surface area (Å²) in [6, 6.07) is 0. The molecule has 2 aliphatic rings. The van der Waals surface area contributed by atoms with Crippen molar-refractivity contribution in [2.75, 3.05) is 46.9 Å². The first kappa shape index (κ1) is 16.8. The monoisotopic (exact) mass is 302 g/mol. The topological polar surface area (TPSA) is 76.0 Å². The van der Waals surface area contributed by atoms with Crippen LogP contribution in [0.1, 0.15) is 15.2 Å². The van der Waals surface area contributed by atoms with Crippen LogP contribution in [0.25, 0.3) is 0 Å². The van der Waals surface area contributed by atoms with Crippen LogP contribution in [0.2, 0.25) is 0 Å². The van der Waals surface area contributed by atoms with E-state index in [1.807, 2.05) is 13.6 Å². The lowest BCUT2D eigenvalue weighted by atomic mass is 9.89. The van der Waals surface area contributed by atoms with Gasteiger partial charge in [0.05, 0.1) is 42.8 Å². The van der Waals surface area contributed by atoms with Crippen LogP contribution < -0.4 is 0 Å². The van der Waals surface area contributed by atoms with Gasteiger partial charge in [0.1, 0.15) is 5.41 Å². The molecule has 2 heterocycles. The molecule has 0 bridgehead atoms. The Morgan fingerprint density at radius 3 is 1.79 bits per heavy atom. The Morgan fingerprint density at radius 1 is 1.42 bits per heavy atom. The number of carboxylic acid groups (broad SMARTS) is 1. The number of alkyl halides is 1. The van der Waals surface area contributed by atoms with E-state index in [2.05, 4.69) is 0 Å². The Balaban J connectivity index is 0. The predicted octanol–water partition coefficient (Wildman–Crippen LogP) is 1.20. The molecule has 0 amide bonds. The summed E-state index contributed by atoms with van der Waals surface area (Å²) in [6.45, 7) is 7.94. The van der Waals surface area contributed by atoms with Crippen molar-refractivity contribution in [3.63, 3.8) is 0 Å². The predicted molar refractivity (Wildman–Crippen MR) is 75.2 cm³/mol. The van der Waals surface area contributed by atoms with Crippen LogP contribution in [0.3, 0.4) is 0 Å². The lowest BCUT2D eigenvalue weighted by Crippen LogP contribution is -2.46. The van der Waals surface area contributed by atoms with Crippen LogP contribution >= 0.6 is 9.18 Å². The number of aliphatic hydroxyl groups is 1. The van der Waals surface area contributed by atoms with Crippen molar-refractivity contribution < 1.29 is 30.2 Å². The lowest BCUT2D eigenvalue weighted by molar-refractivity contribution is -0.175. The third-order valence-corrected chi connectivity index (χ3v) is 2.64. The van der Waals surface area contributed by atoms with E-state index in [-0.39, 0.29) is 12.0 Å². The van der Waals surface area contributed by atoms with Gasteiger partial charge in [-0.2, -0.15) is 0 Å². The summed E-state index contributed by atoms with van der Waals surface area (Å²) in [4.78, 5) is 10.2. The highest BCUT2D eigenvalue weighted by atomic mass is 31.0. The Bertz CT molecular complexity index is 269. The van der Waals surface area contributed by atoms with Crippen LogP contribution in [-0.4, -0.2) is 64.3 Å². The highest BCUT2D eigenvalue weighted by Crippen LogP contribution is 2.26. The quantitative estimate of drug-likeness (QED) is 0.750. The molecule has 0 radical (unpaired) electrons. The van der Waals surface area contributed by atoms with E-state index in [1.165, 1.54) is 0 Å². The van der Waals surface area contributed by atoms with Crippen molar-refractivity contribution in [3.05, 3.63) is 0 Å². The average molecular weight is 302 g/mol. The summed E-state index contributed by atoms with van der Waals surface area (Å²) in [5, 5.41) is 17.0. The second-order valence-electron chi connectivity index (χ2n) is 4.82. The molecule has 0 aromatic heterocycles. The summed E-state index contributed by atoms with van der Waals surface area (Å²) in [6.07, 6.45) is 0. The molecular formula is C12H26FO5P. The van der Waals surface area contributed by atoms with Gasteiger partial charge < -0.3 is 19.7 Å². The maximum Gasteiger partial charge on any atom is 0.314 e. The van der Waals surface area contributed by atoms with Gasteiger partial charge in [-0.15, -0.1) is 9.18 Å².